The summed E-state index contributed by atoms with van der Waals surface area (Å²) < 4.78 is 12.2. The lowest BCUT2D eigenvalue weighted by Crippen LogP contribution is -2.38. The number of nitrogens with zero attached hydrogens (tertiary/aromatic N) is 3. The van der Waals surface area contributed by atoms with Gasteiger partial charge in [-0.1, -0.05) is 28.1 Å². The van der Waals surface area contributed by atoms with E-state index < -0.39 is 22.7 Å². The Morgan fingerprint density at radius 2 is 2.00 bits per heavy atom. The first-order valence-electron chi connectivity index (χ1n) is 6.80. The smallest absolute Gasteiger partial charge is 0.293 e. The Balaban J connectivity index is 1.94. The number of nitriles is 2. The molecule has 2 aliphatic heterocycles. The van der Waals surface area contributed by atoms with Crippen LogP contribution in [-0.2, 0) is 9.47 Å². The van der Waals surface area contributed by atoms with Gasteiger partial charge in [-0.25, -0.2) is 4.99 Å². The minimum absolute atomic E-state index is 0.114. The monoisotopic (exact) mass is 358 g/mol. The Morgan fingerprint density at radius 1 is 1.27 bits per heavy atom. The van der Waals surface area contributed by atoms with Crippen molar-refractivity contribution in [2.75, 3.05) is 13.2 Å². The van der Waals surface area contributed by atoms with Crippen LogP contribution >= 0.6 is 15.9 Å². The number of ether oxygens (including phenoxy) is 2. The molecule has 1 aliphatic carbocycles. The number of rotatable bonds is 1. The highest BCUT2D eigenvalue weighted by Crippen LogP contribution is 2.82. The van der Waals surface area contributed by atoms with E-state index >= 15 is 0 Å². The van der Waals surface area contributed by atoms with Crippen LogP contribution in [0.3, 0.4) is 0 Å². The van der Waals surface area contributed by atoms with Crippen LogP contribution in [0.5, 0.6) is 0 Å². The van der Waals surface area contributed by atoms with E-state index in [0.717, 1.165) is 10.0 Å². The van der Waals surface area contributed by atoms with Crippen molar-refractivity contribution in [2.45, 2.75) is 11.8 Å². The predicted octanol–water partition coefficient (Wildman–Crippen LogP) is 1.64. The molecule has 3 atom stereocenters. The number of nitrogens with two attached hydrogens (primary N) is 1. The van der Waals surface area contributed by atoms with E-state index in [9.17, 15) is 10.5 Å². The maximum atomic E-state index is 9.91. The fourth-order valence-corrected chi connectivity index (χ4v) is 4.32. The number of amidine groups is 1. The van der Waals surface area contributed by atoms with Crippen molar-refractivity contribution in [1.29, 1.82) is 10.5 Å². The molecule has 0 amide bonds. The fraction of sp³-hybridized carbons (Fsp3) is 0.400. The van der Waals surface area contributed by atoms with E-state index in [-0.39, 0.29) is 5.84 Å². The summed E-state index contributed by atoms with van der Waals surface area (Å²) in [6.45, 7) is 0.653. The van der Waals surface area contributed by atoms with Crippen LogP contribution in [0.15, 0.2) is 33.7 Å². The predicted molar refractivity (Wildman–Crippen MR) is 79.2 cm³/mol. The minimum Gasteiger partial charge on any atom is -0.386 e. The summed E-state index contributed by atoms with van der Waals surface area (Å²) in [5, 5.41) is 19.7. The van der Waals surface area contributed by atoms with E-state index in [1.807, 2.05) is 24.3 Å². The second-order valence-electron chi connectivity index (χ2n) is 5.60. The summed E-state index contributed by atoms with van der Waals surface area (Å²) in [5.41, 5.74) is 4.45. The van der Waals surface area contributed by atoms with Gasteiger partial charge in [0.2, 0.25) is 0 Å². The summed E-state index contributed by atoms with van der Waals surface area (Å²) in [5.74, 6) is -1.78. The zero-order chi connectivity index (χ0) is 15.6. The van der Waals surface area contributed by atoms with Gasteiger partial charge < -0.3 is 15.2 Å². The van der Waals surface area contributed by atoms with Gasteiger partial charge in [0.05, 0.1) is 25.4 Å². The standard InChI is InChI=1S/C15H11BrN4O2/c16-10-3-1-2-9(6-10)11-13(7-17)12(19)20-15(14(11,13)8-18)21-4-5-22-15/h1-3,6,11H,4-5H2,(H2,19,20)/t11-,13-,14-/m1/s1. The molecule has 3 aliphatic rings. The third-order valence-corrected chi connectivity index (χ3v) is 5.28. The van der Waals surface area contributed by atoms with Crippen LogP contribution in [-0.4, -0.2) is 25.0 Å². The van der Waals surface area contributed by atoms with Gasteiger partial charge in [-0.05, 0) is 17.7 Å². The highest BCUT2D eigenvalue weighted by atomic mass is 79.9. The van der Waals surface area contributed by atoms with Crippen molar-refractivity contribution in [1.82, 2.24) is 0 Å². The Bertz CT molecular complexity index is 789. The molecule has 1 saturated heterocycles. The van der Waals surface area contributed by atoms with Crippen LogP contribution in [0.1, 0.15) is 11.5 Å². The van der Waals surface area contributed by atoms with Crippen molar-refractivity contribution in [3.8, 4) is 12.1 Å². The lowest BCUT2D eigenvalue weighted by molar-refractivity contribution is -0.184. The van der Waals surface area contributed by atoms with Gasteiger partial charge in [0.1, 0.15) is 11.3 Å². The quantitative estimate of drug-likeness (QED) is 0.821. The molecule has 22 heavy (non-hydrogen) atoms. The topological polar surface area (TPSA) is 104 Å². The second-order valence-corrected chi connectivity index (χ2v) is 6.52. The van der Waals surface area contributed by atoms with Crippen molar-refractivity contribution in [2.24, 2.45) is 21.6 Å². The van der Waals surface area contributed by atoms with Crippen molar-refractivity contribution >= 4 is 21.8 Å². The molecular formula is C15H11BrN4O2. The number of fused-ring (bicyclic) bond motifs is 2. The molecule has 0 bridgehead atoms. The Morgan fingerprint density at radius 3 is 2.59 bits per heavy atom. The Labute approximate surface area is 135 Å². The summed E-state index contributed by atoms with van der Waals surface area (Å²) in [6, 6.07) is 12.0. The number of hydrogen-bond acceptors (Lipinski definition) is 6. The Kier molecular flexibility index (Phi) is 2.54. The summed E-state index contributed by atoms with van der Waals surface area (Å²) in [7, 11) is 0. The van der Waals surface area contributed by atoms with Gasteiger partial charge in [0.25, 0.3) is 5.91 Å². The lowest BCUT2D eigenvalue weighted by atomic mass is 9.94. The molecule has 0 radical (unpaired) electrons. The third-order valence-electron chi connectivity index (χ3n) is 4.79. The van der Waals surface area contributed by atoms with Crippen molar-refractivity contribution < 1.29 is 9.47 Å². The second kappa shape index (κ2) is 4.08. The average Bonchev–Trinajstić information content (AvgIpc) is 2.77. The van der Waals surface area contributed by atoms with E-state index in [1.165, 1.54) is 0 Å². The van der Waals surface area contributed by atoms with Gasteiger partial charge >= 0.3 is 0 Å². The van der Waals surface area contributed by atoms with Crippen LogP contribution in [0.25, 0.3) is 0 Å². The maximum absolute atomic E-state index is 9.91. The highest BCUT2D eigenvalue weighted by molar-refractivity contribution is 9.10. The molecule has 2 heterocycles. The van der Waals surface area contributed by atoms with E-state index in [2.05, 4.69) is 33.1 Å². The summed E-state index contributed by atoms with van der Waals surface area (Å²) in [4.78, 5) is 4.23. The third kappa shape index (κ3) is 1.21. The van der Waals surface area contributed by atoms with E-state index in [0.29, 0.717) is 13.2 Å². The number of benzene rings is 1. The van der Waals surface area contributed by atoms with Crippen molar-refractivity contribution in [3.05, 3.63) is 34.3 Å². The van der Waals surface area contributed by atoms with Crippen LogP contribution in [0.4, 0.5) is 0 Å². The minimum atomic E-state index is -1.46. The molecule has 6 nitrogen and oxygen atoms in total. The molecule has 0 aromatic heterocycles. The van der Waals surface area contributed by atoms with Crippen LogP contribution in [0.2, 0.25) is 0 Å². The molecular weight excluding hydrogens is 348 g/mol. The van der Waals surface area contributed by atoms with Gasteiger partial charge in [-0.2, -0.15) is 10.5 Å². The lowest BCUT2D eigenvalue weighted by Gasteiger charge is -2.25. The van der Waals surface area contributed by atoms with Gasteiger partial charge in [0, 0.05) is 10.4 Å². The number of halogens is 1. The number of hydrogen-bond donors (Lipinski definition) is 1. The Hall–Kier alpha value is -1.93. The molecule has 1 aromatic carbocycles. The zero-order valence-corrected chi connectivity index (χ0v) is 13.0. The molecule has 2 fully saturated rings. The van der Waals surface area contributed by atoms with Crippen LogP contribution in [0, 0.1) is 33.5 Å². The van der Waals surface area contributed by atoms with Crippen molar-refractivity contribution in [3.63, 3.8) is 0 Å². The van der Waals surface area contributed by atoms with Gasteiger partial charge in [-0.3, -0.25) is 0 Å². The molecule has 1 saturated carbocycles. The molecule has 1 aromatic rings. The molecule has 110 valence electrons. The zero-order valence-electron chi connectivity index (χ0n) is 11.4. The first-order valence-corrected chi connectivity index (χ1v) is 7.59. The largest absolute Gasteiger partial charge is 0.386 e. The highest BCUT2D eigenvalue weighted by Gasteiger charge is 2.94. The molecule has 4 rings (SSSR count). The molecule has 0 unspecified atom stereocenters. The molecule has 7 heteroatoms. The fourth-order valence-electron chi connectivity index (χ4n) is 3.90. The molecule has 2 N–H and O–H groups in total. The average molecular weight is 359 g/mol. The maximum Gasteiger partial charge on any atom is 0.293 e. The SMILES string of the molecule is N#C[C@@]12C(N)=NC3(OCCO3)[C@]1(C#N)[C@@H]2c1cccc(Br)c1. The number of aliphatic imine (C=N–C) groups is 1. The first-order chi connectivity index (χ1) is 10.6. The summed E-state index contributed by atoms with van der Waals surface area (Å²) in [6.07, 6.45) is 0. The van der Waals surface area contributed by atoms with Gasteiger partial charge in [0.15, 0.2) is 5.41 Å². The van der Waals surface area contributed by atoms with E-state index in [1.54, 1.807) is 0 Å². The normalized spacial score (nSPS) is 37.2. The first kappa shape index (κ1) is 13.7. The summed E-state index contributed by atoms with van der Waals surface area (Å²) >= 11 is 3.42. The van der Waals surface area contributed by atoms with E-state index in [4.69, 9.17) is 15.2 Å². The van der Waals surface area contributed by atoms with Crippen LogP contribution < -0.4 is 5.73 Å². The molecule has 1 spiro atoms. The van der Waals surface area contributed by atoms with Gasteiger partial charge in [-0.15, -0.1) is 0 Å².